The Morgan fingerprint density at radius 1 is 1.61 bits per heavy atom. The van der Waals surface area contributed by atoms with Crippen molar-refractivity contribution in [2.24, 2.45) is 0 Å². The predicted octanol–water partition coefficient (Wildman–Crippen LogP) is 1.58. The topological polar surface area (TPSA) is 47.6 Å². The summed E-state index contributed by atoms with van der Waals surface area (Å²) in [5.41, 5.74) is 0.116. The normalized spacial score (nSPS) is 31.7. The maximum atomic E-state index is 11.2. The van der Waals surface area contributed by atoms with Crippen LogP contribution in [0.1, 0.15) is 32.6 Å². The molecule has 0 saturated carbocycles. The molecule has 18 heavy (non-hydrogen) atoms. The fraction of sp³-hybridized carbons (Fsp3) is 0.923. The molecule has 0 aromatic carbocycles. The van der Waals surface area contributed by atoms with Crippen LogP contribution in [0.4, 0.5) is 0 Å². The molecule has 2 heterocycles. The molecule has 0 aliphatic carbocycles. The Labute approximate surface area is 113 Å². The molecule has 5 heteroatoms. The van der Waals surface area contributed by atoms with Gasteiger partial charge in [-0.1, -0.05) is 0 Å². The summed E-state index contributed by atoms with van der Waals surface area (Å²) in [6, 6.07) is 0.492. The van der Waals surface area contributed by atoms with E-state index in [1.807, 2.05) is 18.7 Å². The van der Waals surface area contributed by atoms with Crippen LogP contribution in [0, 0.1) is 0 Å². The molecule has 1 spiro atoms. The quantitative estimate of drug-likeness (QED) is 0.771. The van der Waals surface area contributed by atoms with Crippen molar-refractivity contribution in [3.05, 3.63) is 0 Å². The van der Waals surface area contributed by atoms with E-state index < -0.39 is 0 Å². The van der Waals surface area contributed by atoms with E-state index >= 15 is 0 Å². The number of thioether (sulfide) groups is 1. The highest BCUT2D eigenvalue weighted by atomic mass is 32.2. The zero-order chi connectivity index (χ0) is 12.8. The van der Waals surface area contributed by atoms with Gasteiger partial charge in [-0.25, -0.2) is 0 Å². The molecule has 0 radical (unpaired) electrons. The zero-order valence-corrected chi connectivity index (χ0v) is 11.9. The number of nitrogens with one attached hydrogen (secondary N) is 1. The Hall–Kier alpha value is -0.260. The number of ether oxygens (including phenoxy) is 2. The molecule has 2 rings (SSSR count). The Balaban J connectivity index is 1.68. The highest BCUT2D eigenvalue weighted by Crippen LogP contribution is 2.38. The monoisotopic (exact) mass is 273 g/mol. The van der Waals surface area contributed by atoms with Gasteiger partial charge in [0.25, 0.3) is 0 Å². The van der Waals surface area contributed by atoms with Crippen molar-refractivity contribution in [2.45, 2.75) is 44.2 Å². The van der Waals surface area contributed by atoms with Gasteiger partial charge in [-0.05, 0) is 31.9 Å². The first-order valence-electron chi connectivity index (χ1n) is 6.85. The van der Waals surface area contributed by atoms with Crippen molar-refractivity contribution in [1.29, 1.82) is 0 Å². The Bertz CT molecular complexity index is 279. The van der Waals surface area contributed by atoms with Crippen LogP contribution in [0.5, 0.6) is 0 Å². The summed E-state index contributed by atoms with van der Waals surface area (Å²) in [7, 11) is 0. The summed E-state index contributed by atoms with van der Waals surface area (Å²) in [6.07, 6.45) is 3.78. The molecule has 2 aliphatic heterocycles. The maximum absolute atomic E-state index is 11.2. The molecule has 0 aromatic heterocycles. The second-order valence-corrected chi connectivity index (χ2v) is 6.14. The second kappa shape index (κ2) is 6.78. The standard InChI is InChI=1S/C13H23NO3S/c1-2-16-12(15)3-6-14-11-4-7-17-13(9-11)5-8-18-10-13/h11,14H,2-10H2,1H3. The van der Waals surface area contributed by atoms with Gasteiger partial charge >= 0.3 is 5.97 Å². The average molecular weight is 273 g/mol. The maximum Gasteiger partial charge on any atom is 0.307 e. The Morgan fingerprint density at radius 3 is 3.22 bits per heavy atom. The van der Waals surface area contributed by atoms with Gasteiger partial charge in [0, 0.05) is 24.9 Å². The molecule has 2 atom stereocenters. The molecule has 2 unspecified atom stereocenters. The van der Waals surface area contributed by atoms with E-state index in [2.05, 4.69) is 5.32 Å². The first-order valence-corrected chi connectivity index (χ1v) is 8.00. The highest BCUT2D eigenvalue weighted by molar-refractivity contribution is 7.99. The minimum absolute atomic E-state index is 0.108. The van der Waals surface area contributed by atoms with E-state index in [0.717, 1.165) is 25.2 Å². The molecule has 1 N–H and O–H groups in total. The third-order valence-corrected chi connectivity index (χ3v) is 4.85. The van der Waals surface area contributed by atoms with Gasteiger partial charge in [0.1, 0.15) is 0 Å². The van der Waals surface area contributed by atoms with Crippen LogP contribution in [-0.4, -0.2) is 48.9 Å². The first-order chi connectivity index (χ1) is 8.74. The number of hydrogen-bond donors (Lipinski definition) is 1. The number of carbonyl (C=O) groups excluding carboxylic acids is 1. The van der Waals surface area contributed by atoms with Crippen LogP contribution in [0.25, 0.3) is 0 Å². The number of carbonyl (C=O) groups is 1. The van der Waals surface area contributed by atoms with Gasteiger partial charge in [-0.3, -0.25) is 4.79 Å². The van der Waals surface area contributed by atoms with E-state index in [1.165, 1.54) is 12.2 Å². The van der Waals surface area contributed by atoms with E-state index in [0.29, 0.717) is 25.6 Å². The second-order valence-electron chi connectivity index (χ2n) is 5.03. The molecule has 0 aromatic rings. The average Bonchev–Trinajstić information content (AvgIpc) is 2.78. The highest BCUT2D eigenvalue weighted by Gasteiger charge is 2.40. The van der Waals surface area contributed by atoms with Crippen LogP contribution < -0.4 is 5.32 Å². The van der Waals surface area contributed by atoms with Crippen molar-refractivity contribution in [2.75, 3.05) is 31.3 Å². The molecule has 104 valence electrons. The molecule has 0 amide bonds. The van der Waals surface area contributed by atoms with Gasteiger partial charge < -0.3 is 14.8 Å². The molecule has 4 nitrogen and oxygen atoms in total. The van der Waals surface area contributed by atoms with E-state index in [9.17, 15) is 4.79 Å². The lowest BCUT2D eigenvalue weighted by molar-refractivity contribution is -0.143. The third kappa shape index (κ3) is 3.87. The summed E-state index contributed by atoms with van der Waals surface area (Å²) >= 11 is 1.99. The van der Waals surface area contributed by atoms with Crippen molar-refractivity contribution < 1.29 is 14.3 Å². The van der Waals surface area contributed by atoms with Crippen LogP contribution in [0.3, 0.4) is 0 Å². The molecule has 2 saturated heterocycles. The summed E-state index contributed by atoms with van der Waals surface area (Å²) in [6.45, 7) is 3.87. The SMILES string of the molecule is CCOC(=O)CCNC1CCOC2(CCSC2)C1. The van der Waals surface area contributed by atoms with Crippen LogP contribution >= 0.6 is 11.8 Å². The lowest BCUT2D eigenvalue weighted by Crippen LogP contribution is -2.47. The lowest BCUT2D eigenvalue weighted by Gasteiger charge is -2.38. The Kier molecular flexibility index (Phi) is 5.33. The van der Waals surface area contributed by atoms with Gasteiger partial charge in [-0.15, -0.1) is 0 Å². The number of rotatable bonds is 5. The fourth-order valence-corrected chi connectivity index (χ4v) is 4.06. The molecule has 2 fully saturated rings. The minimum Gasteiger partial charge on any atom is -0.466 e. The van der Waals surface area contributed by atoms with Gasteiger partial charge in [-0.2, -0.15) is 11.8 Å². The summed E-state index contributed by atoms with van der Waals surface area (Å²) in [4.78, 5) is 11.2. The molecular formula is C13H23NO3S. The smallest absolute Gasteiger partial charge is 0.307 e. The predicted molar refractivity (Wildman–Crippen MR) is 72.9 cm³/mol. The van der Waals surface area contributed by atoms with Crippen molar-refractivity contribution >= 4 is 17.7 Å². The number of hydrogen-bond acceptors (Lipinski definition) is 5. The van der Waals surface area contributed by atoms with Gasteiger partial charge in [0.05, 0.1) is 18.6 Å². The van der Waals surface area contributed by atoms with E-state index in [1.54, 1.807) is 0 Å². The van der Waals surface area contributed by atoms with E-state index in [-0.39, 0.29) is 11.6 Å². The van der Waals surface area contributed by atoms with Gasteiger partial charge in [0.15, 0.2) is 0 Å². The summed E-state index contributed by atoms with van der Waals surface area (Å²) < 4.78 is 10.9. The van der Waals surface area contributed by atoms with Crippen molar-refractivity contribution in [3.63, 3.8) is 0 Å². The zero-order valence-electron chi connectivity index (χ0n) is 11.1. The first kappa shape index (κ1) is 14.2. The molecule has 2 aliphatic rings. The van der Waals surface area contributed by atoms with Crippen LogP contribution in [0.2, 0.25) is 0 Å². The summed E-state index contributed by atoms with van der Waals surface area (Å²) in [5.74, 6) is 2.24. The third-order valence-electron chi connectivity index (χ3n) is 3.63. The van der Waals surface area contributed by atoms with E-state index in [4.69, 9.17) is 9.47 Å². The van der Waals surface area contributed by atoms with Gasteiger partial charge in [0.2, 0.25) is 0 Å². The van der Waals surface area contributed by atoms with Crippen LogP contribution in [0.15, 0.2) is 0 Å². The van der Waals surface area contributed by atoms with Crippen LogP contribution in [-0.2, 0) is 14.3 Å². The minimum atomic E-state index is -0.108. The van der Waals surface area contributed by atoms with Crippen molar-refractivity contribution in [3.8, 4) is 0 Å². The number of esters is 1. The molecular weight excluding hydrogens is 250 g/mol. The van der Waals surface area contributed by atoms with Crippen molar-refractivity contribution in [1.82, 2.24) is 5.32 Å². The summed E-state index contributed by atoms with van der Waals surface area (Å²) in [5, 5.41) is 3.47. The largest absolute Gasteiger partial charge is 0.466 e. The Morgan fingerprint density at radius 2 is 2.50 bits per heavy atom. The molecule has 0 bridgehead atoms. The lowest BCUT2D eigenvalue weighted by atomic mass is 9.90. The fourth-order valence-electron chi connectivity index (χ4n) is 2.68.